The molecule has 0 aromatic heterocycles. The molecule has 136 valence electrons. The molecule has 7 heteroatoms. The number of ether oxygens (including phenoxy) is 1. The maximum Gasteiger partial charge on any atom is 0.338 e. The van der Waals surface area contributed by atoms with Crippen molar-refractivity contribution < 1.29 is 19.1 Å². The molecular weight excluding hydrogens is 322 g/mol. The number of hydrogen-bond acceptors (Lipinski definition) is 5. The van der Waals surface area contributed by atoms with Gasteiger partial charge in [-0.15, -0.1) is 0 Å². The second-order valence-electron chi connectivity index (χ2n) is 5.94. The van der Waals surface area contributed by atoms with Gasteiger partial charge in [0.15, 0.2) is 0 Å². The fourth-order valence-corrected chi connectivity index (χ4v) is 2.67. The Labute approximate surface area is 147 Å². The molecule has 0 radical (unpaired) electrons. The number of hydrogen-bond donors (Lipinski definition) is 1. The number of rotatable bonds is 6. The Bertz CT molecular complexity index is 607. The van der Waals surface area contributed by atoms with Gasteiger partial charge < -0.3 is 15.0 Å². The van der Waals surface area contributed by atoms with E-state index in [0.29, 0.717) is 43.9 Å². The fourth-order valence-electron chi connectivity index (χ4n) is 2.67. The molecule has 1 aromatic carbocycles. The standard InChI is InChI=1S/C18H25N3O4/c1-3-25-18(24)15-4-6-16(7-5-15)19-17(23)8-9-20-10-12-21(13-11-20)14(2)22/h4-7H,3,8-13H2,1-2H3,(H,19,23). The lowest BCUT2D eigenvalue weighted by Crippen LogP contribution is -2.48. The lowest BCUT2D eigenvalue weighted by molar-refractivity contribution is -0.130. The molecule has 7 nitrogen and oxygen atoms in total. The highest BCUT2D eigenvalue weighted by molar-refractivity contribution is 5.93. The van der Waals surface area contributed by atoms with Crippen molar-refractivity contribution in [3.05, 3.63) is 29.8 Å². The molecule has 0 aliphatic carbocycles. The third-order valence-electron chi connectivity index (χ3n) is 4.15. The van der Waals surface area contributed by atoms with Crippen molar-refractivity contribution in [2.45, 2.75) is 20.3 Å². The van der Waals surface area contributed by atoms with E-state index in [0.717, 1.165) is 13.1 Å². The Balaban J connectivity index is 1.73. The Hall–Kier alpha value is -2.41. The number of anilines is 1. The zero-order valence-electron chi connectivity index (χ0n) is 14.8. The van der Waals surface area contributed by atoms with Crippen LogP contribution >= 0.6 is 0 Å². The van der Waals surface area contributed by atoms with Crippen LogP contribution in [-0.4, -0.2) is 66.9 Å². The molecule has 0 bridgehead atoms. The molecule has 0 spiro atoms. The van der Waals surface area contributed by atoms with Crippen molar-refractivity contribution in [1.29, 1.82) is 0 Å². The maximum atomic E-state index is 12.1. The summed E-state index contributed by atoms with van der Waals surface area (Å²) in [6.07, 6.45) is 0.389. The Kier molecular flexibility index (Phi) is 6.94. The SMILES string of the molecule is CCOC(=O)c1ccc(NC(=O)CCN2CCN(C(C)=O)CC2)cc1. The quantitative estimate of drug-likeness (QED) is 0.786. The molecule has 2 rings (SSSR count). The van der Waals surface area contributed by atoms with Crippen molar-refractivity contribution in [3.8, 4) is 0 Å². The number of carbonyl (C=O) groups is 3. The van der Waals surface area contributed by atoms with Gasteiger partial charge in [0.1, 0.15) is 0 Å². The van der Waals surface area contributed by atoms with Crippen molar-refractivity contribution in [3.63, 3.8) is 0 Å². The summed E-state index contributed by atoms with van der Waals surface area (Å²) in [7, 11) is 0. The summed E-state index contributed by atoms with van der Waals surface area (Å²) in [4.78, 5) is 38.9. The van der Waals surface area contributed by atoms with Crippen molar-refractivity contribution in [2.24, 2.45) is 0 Å². The number of carbonyl (C=O) groups excluding carboxylic acids is 3. The van der Waals surface area contributed by atoms with E-state index in [9.17, 15) is 14.4 Å². The normalized spacial score (nSPS) is 14.9. The van der Waals surface area contributed by atoms with Crippen LogP contribution in [0, 0.1) is 0 Å². The van der Waals surface area contributed by atoms with Gasteiger partial charge >= 0.3 is 5.97 Å². The number of piperazine rings is 1. The van der Waals surface area contributed by atoms with E-state index in [1.165, 1.54) is 0 Å². The van der Waals surface area contributed by atoms with Crippen molar-refractivity contribution in [1.82, 2.24) is 9.80 Å². The molecule has 1 aromatic rings. The minimum Gasteiger partial charge on any atom is -0.462 e. The second kappa shape index (κ2) is 9.17. The van der Waals surface area contributed by atoms with Gasteiger partial charge in [-0.2, -0.15) is 0 Å². The highest BCUT2D eigenvalue weighted by Crippen LogP contribution is 2.11. The van der Waals surface area contributed by atoms with Crippen LogP contribution in [0.1, 0.15) is 30.6 Å². The zero-order valence-corrected chi connectivity index (χ0v) is 14.8. The van der Waals surface area contributed by atoms with Crippen LogP contribution < -0.4 is 5.32 Å². The van der Waals surface area contributed by atoms with Crippen LogP contribution in [-0.2, 0) is 14.3 Å². The molecule has 1 fully saturated rings. The van der Waals surface area contributed by atoms with Gasteiger partial charge in [-0.05, 0) is 31.2 Å². The number of nitrogens with zero attached hydrogens (tertiary/aromatic N) is 2. The molecule has 2 amide bonds. The van der Waals surface area contributed by atoms with E-state index >= 15 is 0 Å². The van der Waals surface area contributed by atoms with Crippen LogP contribution in [0.4, 0.5) is 5.69 Å². The van der Waals surface area contributed by atoms with E-state index < -0.39 is 0 Å². The Morgan fingerprint density at radius 2 is 1.72 bits per heavy atom. The molecular formula is C18H25N3O4. The van der Waals surface area contributed by atoms with Crippen LogP contribution in [0.25, 0.3) is 0 Å². The molecule has 1 aliphatic rings. The summed E-state index contributed by atoms with van der Waals surface area (Å²) >= 11 is 0. The first-order valence-electron chi connectivity index (χ1n) is 8.54. The van der Waals surface area contributed by atoms with E-state index in [4.69, 9.17) is 4.74 Å². The van der Waals surface area contributed by atoms with E-state index in [2.05, 4.69) is 10.2 Å². The average molecular weight is 347 g/mol. The molecule has 1 aliphatic heterocycles. The highest BCUT2D eigenvalue weighted by Gasteiger charge is 2.18. The first-order valence-corrected chi connectivity index (χ1v) is 8.54. The predicted molar refractivity (Wildman–Crippen MR) is 94.3 cm³/mol. The number of esters is 1. The van der Waals surface area contributed by atoms with Crippen molar-refractivity contribution >= 4 is 23.5 Å². The van der Waals surface area contributed by atoms with E-state index in [1.807, 2.05) is 4.90 Å². The predicted octanol–water partition coefficient (Wildman–Crippen LogP) is 1.36. The Morgan fingerprint density at radius 1 is 1.08 bits per heavy atom. The van der Waals surface area contributed by atoms with Crippen LogP contribution in [0.5, 0.6) is 0 Å². The molecule has 1 N–H and O–H groups in total. The lowest BCUT2D eigenvalue weighted by atomic mass is 10.2. The molecule has 0 saturated carbocycles. The third-order valence-corrected chi connectivity index (χ3v) is 4.15. The van der Waals surface area contributed by atoms with Gasteiger partial charge in [-0.1, -0.05) is 0 Å². The molecule has 1 saturated heterocycles. The lowest BCUT2D eigenvalue weighted by Gasteiger charge is -2.34. The van der Waals surface area contributed by atoms with Gasteiger partial charge in [0, 0.05) is 51.8 Å². The monoisotopic (exact) mass is 347 g/mol. The summed E-state index contributed by atoms with van der Waals surface area (Å²) < 4.78 is 4.92. The zero-order chi connectivity index (χ0) is 18.2. The Morgan fingerprint density at radius 3 is 2.28 bits per heavy atom. The largest absolute Gasteiger partial charge is 0.462 e. The van der Waals surface area contributed by atoms with Gasteiger partial charge in [0.25, 0.3) is 0 Å². The highest BCUT2D eigenvalue weighted by atomic mass is 16.5. The third kappa shape index (κ3) is 5.86. The molecule has 1 heterocycles. The summed E-state index contributed by atoms with van der Waals surface area (Å²) in [6, 6.07) is 6.65. The summed E-state index contributed by atoms with van der Waals surface area (Å²) in [5, 5.41) is 2.82. The number of amides is 2. The first kappa shape index (κ1) is 18.9. The minimum atomic E-state index is -0.370. The smallest absolute Gasteiger partial charge is 0.338 e. The van der Waals surface area contributed by atoms with Gasteiger partial charge in [-0.25, -0.2) is 4.79 Å². The topological polar surface area (TPSA) is 79.0 Å². The number of benzene rings is 1. The van der Waals surface area contributed by atoms with Crippen LogP contribution in [0.15, 0.2) is 24.3 Å². The molecule has 0 atom stereocenters. The first-order chi connectivity index (χ1) is 12.0. The van der Waals surface area contributed by atoms with E-state index in [1.54, 1.807) is 38.1 Å². The maximum absolute atomic E-state index is 12.1. The van der Waals surface area contributed by atoms with Gasteiger partial charge in [-0.3, -0.25) is 14.5 Å². The summed E-state index contributed by atoms with van der Waals surface area (Å²) in [5.74, 6) is -0.341. The average Bonchev–Trinajstić information content (AvgIpc) is 2.61. The van der Waals surface area contributed by atoms with E-state index in [-0.39, 0.29) is 17.8 Å². The van der Waals surface area contributed by atoms with Crippen LogP contribution in [0.3, 0.4) is 0 Å². The van der Waals surface area contributed by atoms with Crippen molar-refractivity contribution in [2.75, 3.05) is 44.6 Å². The van der Waals surface area contributed by atoms with Gasteiger partial charge in [0.2, 0.25) is 11.8 Å². The molecule has 0 unspecified atom stereocenters. The second-order valence-corrected chi connectivity index (χ2v) is 5.94. The summed E-state index contributed by atoms with van der Waals surface area (Å²) in [6.45, 7) is 7.35. The minimum absolute atomic E-state index is 0.0714. The number of nitrogens with one attached hydrogen (secondary N) is 1. The fraction of sp³-hybridized carbons (Fsp3) is 0.500. The summed E-state index contributed by atoms with van der Waals surface area (Å²) in [5.41, 5.74) is 1.11. The van der Waals surface area contributed by atoms with Crippen LogP contribution in [0.2, 0.25) is 0 Å². The molecule has 25 heavy (non-hydrogen) atoms. The van der Waals surface area contributed by atoms with Gasteiger partial charge in [0.05, 0.1) is 12.2 Å².